The first-order chi connectivity index (χ1) is 13.5. The molecule has 0 spiro atoms. The number of benzene rings is 2. The molecule has 0 atom stereocenters. The summed E-state index contributed by atoms with van der Waals surface area (Å²) in [6, 6.07) is 13.7. The van der Waals surface area contributed by atoms with E-state index < -0.39 is 11.9 Å². The first-order valence-corrected chi connectivity index (χ1v) is 8.20. The maximum Gasteiger partial charge on any atom is 0.348 e. The van der Waals surface area contributed by atoms with E-state index in [0.29, 0.717) is 22.6 Å². The zero-order valence-corrected chi connectivity index (χ0v) is 15.7. The Morgan fingerprint density at radius 2 is 1.71 bits per heavy atom. The number of carbonyl (C=O) groups excluding carboxylic acids is 2. The zero-order chi connectivity index (χ0) is 20.5. The topological polar surface area (TPSA) is 94.9 Å². The van der Waals surface area contributed by atoms with Crippen molar-refractivity contribution >= 4 is 18.0 Å². The minimum absolute atomic E-state index is 0.121. The van der Waals surface area contributed by atoms with Gasteiger partial charge in [0.05, 0.1) is 26.9 Å². The minimum atomic E-state index is -0.711. The van der Waals surface area contributed by atoms with E-state index in [1.165, 1.54) is 27.4 Å². The molecule has 0 radical (unpaired) electrons. The maximum absolute atomic E-state index is 11.5. The summed E-state index contributed by atoms with van der Waals surface area (Å²) in [6.07, 6.45) is 1.41. The van der Waals surface area contributed by atoms with Crippen molar-refractivity contribution in [1.29, 1.82) is 5.26 Å². The van der Waals surface area contributed by atoms with E-state index in [1.807, 2.05) is 0 Å². The highest BCUT2D eigenvalue weighted by Crippen LogP contribution is 2.29. The van der Waals surface area contributed by atoms with Crippen LogP contribution in [0, 0.1) is 11.3 Å². The maximum atomic E-state index is 11.5. The predicted octanol–water partition coefficient (Wildman–Crippen LogP) is 3.14. The van der Waals surface area contributed by atoms with Gasteiger partial charge in [0.15, 0.2) is 11.5 Å². The van der Waals surface area contributed by atoms with Crippen LogP contribution < -0.4 is 9.47 Å². The first-order valence-electron chi connectivity index (χ1n) is 8.20. The Morgan fingerprint density at radius 1 is 1.00 bits per heavy atom. The summed E-state index contributed by atoms with van der Waals surface area (Å²) < 4.78 is 20.3. The van der Waals surface area contributed by atoms with Crippen molar-refractivity contribution in [3.8, 4) is 17.6 Å². The van der Waals surface area contributed by atoms with E-state index in [2.05, 4.69) is 9.47 Å². The molecule has 0 heterocycles. The van der Waals surface area contributed by atoms with Crippen molar-refractivity contribution in [2.75, 3.05) is 21.3 Å². The molecule has 2 aromatic carbocycles. The number of carbonyl (C=O) groups is 2. The highest BCUT2D eigenvalue weighted by Gasteiger charge is 2.11. The summed E-state index contributed by atoms with van der Waals surface area (Å²) in [5.41, 5.74) is 1.78. The average molecular weight is 381 g/mol. The molecule has 0 saturated heterocycles. The van der Waals surface area contributed by atoms with Gasteiger partial charge in [-0.15, -0.1) is 0 Å². The number of methoxy groups -OCH3 is 3. The Morgan fingerprint density at radius 3 is 2.29 bits per heavy atom. The summed E-state index contributed by atoms with van der Waals surface area (Å²) in [7, 11) is 4.03. The van der Waals surface area contributed by atoms with Gasteiger partial charge >= 0.3 is 11.9 Å². The number of nitrogens with zero attached hydrogens (tertiary/aromatic N) is 1. The van der Waals surface area contributed by atoms with Gasteiger partial charge < -0.3 is 18.9 Å². The second kappa shape index (κ2) is 9.78. The van der Waals surface area contributed by atoms with Gasteiger partial charge in [-0.05, 0) is 41.5 Å². The average Bonchev–Trinajstić information content (AvgIpc) is 2.75. The monoisotopic (exact) mass is 381 g/mol. The van der Waals surface area contributed by atoms with E-state index in [9.17, 15) is 9.59 Å². The number of hydrogen-bond donors (Lipinski definition) is 0. The van der Waals surface area contributed by atoms with Crippen LogP contribution in [-0.2, 0) is 20.9 Å². The standard InChI is InChI=1S/C21H19NO6/c1-25-19-11-15(10-17(12-22)21(24)27-3)6-9-18(19)28-13-14-4-7-16(8-5-14)20(23)26-2/h4-11H,13H2,1-3H3/b17-10+. The van der Waals surface area contributed by atoms with Gasteiger partial charge in [-0.25, -0.2) is 9.59 Å². The Bertz CT molecular complexity index is 925. The second-order valence-corrected chi connectivity index (χ2v) is 5.55. The molecule has 0 aliphatic heterocycles. The SMILES string of the molecule is COC(=O)/C(C#N)=C/c1ccc(OCc2ccc(C(=O)OC)cc2)c(OC)c1. The molecule has 0 amide bonds. The predicted molar refractivity (Wildman–Crippen MR) is 101 cm³/mol. The molecule has 28 heavy (non-hydrogen) atoms. The Labute approximate surface area is 162 Å². The van der Waals surface area contributed by atoms with Crippen LogP contribution in [0.15, 0.2) is 48.0 Å². The summed E-state index contributed by atoms with van der Waals surface area (Å²) in [4.78, 5) is 23.0. The van der Waals surface area contributed by atoms with Crippen molar-refractivity contribution in [3.63, 3.8) is 0 Å². The molecular formula is C21H19NO6. The Hall–Kier alpha value is -3.79. The highest BCUT2D eigenvalue weighted by molar-refractivity contribution is 5.97. The summed E-state index contributed by atoms with van der Waals surface area (Å²) in [5.74, 6) is -0.172. The zero-order valence-electron chi connectivity index (χ0n) is 15.7. The third-order valence-corrected chi connectivity index (χ3v) is 3.79. The number of hydrogen-bond acceptors (Lipinski definition) is 7. The molecule has 0 aliphatic carbocycles. The quantitative estimate of drug-likeness (QED) is 0.413. The van der Waals surface area contributed by atoms with Crippen molar-refractivity contribution in [3.05, 3.63) is 64.7 Å². The van der Waals surface area contributed by atoms with Crippen LogP contribution in [0.3, 0.4) is 0 Å². The van der Waals surface area contributed by atoms with Gasteiger partial charge in [-0.2, -0.15) is 5.26 Å². The van der Waals surface area contributed by atoms with Crippen LogP contribution in [0.4, 0.5) is 0 Å². The molecular weight excluding hydrogens is 362 g/mol. The molecule has 0 saturated carbocycles. The molecule has 0 bridgehead atoms. The number of rotatable bonds is 7. The lowest BCUT2D eigenvalue weighted by atomic mass is 10.1. The smallest absolute Gasteiger partial charge is 0.348 e. The minimum Gasteiger partial charge on any atom is -0.493 e. The molecule has 7 nitrogen and oxygen atoms in total. The first kappa shape index (κ1) is 20.5. The number of ether oxygens (including phenoxy) is 4. The van der Waals surface area contributed by atoms with Crippen LogP contribution in [0.2, 0.25) is 0 Å². The van der Waals surface area contributed by atoms with E-state index in [0.717, 1.165) is 5.56 Å². The van der Waals surface area contributed by atoms with Crippen molar-refractivity contribution < 1.29 is 28.5 Å². The molecule has 144 valence electrons. The van der Waals surface area contributed by atoms with Gasteiger partial charge in [-0.1, -0.05) is 18.2 Å². The van der Waals surface area contributed by atoms with Crippen LogP contribution >= 0.6 is 0 Å². The van der Waals surface area contributed by atoms with Crippen LogP contribution in [0.25, 0.3) is 6.08 Å². The second-order valence-electron chi connectivity index (χ2n) is 5.55. The fourth-order valence-electron chi connectivity index (χ4n) is 2.32. The molecule has 0 unspecified atom stereocenters. The summed E-state index contributed by atoms with van der Waals surface area (Å²) in [6.45, 7) is 0.263. The van der Waals surface area contributed by atoms with Crippen molar-refractivity contribution in [2.24, 2.45) is 0 Å². The highest BCUT2D eigenvalue weighted by atomic mass is 16.5. The van der Waals surface area contributed by atoms with Gasteiger partial charge in [0.2, 0.25) is 0 Å². The molecule has 2 aromatic rings. The normalized spacial score (nSPS) is 10.6. The van der Waals surface area contributed by atoms with Crippen molar-refractivity contribution in [2.45, 2.75) is 6.61 Å². The molecule has 0 aromatic heterocycles. The molecule has 2 rings (SSSR count). The van der Waals surface area contributed by atoms with Gasteiger partial charge in [0.1, 0.15) is 18.2 Å². The fraction of sp³-hybridized carbons (Fsp3) is 0.190. The van der Waals surface area contributed by atoms with Gasteiger partial charge in [0.25, 0.3) is 0 Å². The van der Waals surface area contributed by atoms with Crippen LogP contribution in [-0.4, -0.2) is 33.3 Å². The Balaban J connectivity index is 2.14. The lowest BCUT2D eigenvalue weighted by molar-refractivity contribution is -0.135. The van der Waals surface area contributed by atoms with Crippen molar-refractivity contribution in [1.82, 2.24) is 0 Å². The van der Waals surface area contributed by atoms with Gasteiger partial charge in [-0.3, -0.25) is 0 Å². The van der Waals surface area contributed by atoms with Gasteiger partial charge in [0, 0.05) is 0 Å². The number of nitriles is 1. The molecule has 7 heteroatoms. The van der Waals surface area contributed by atoms with Crippen LogP contribution in [0.1, 0.15) is 21.5 Å². The van der Waals surface area contributed by atoms with E-state index >= 15 is 0 Å². The lowest BCUT2D eigenvalue weighted by Gasteiger charge is -2.12. The Kier molecular flexibility index (Phi) is 7.17. The van der Waals surface area contributed by atoms with E-state index in [1.54, 1.807) is 48.5 Å². The molecule has 0 aliphatic rings. The largest absolute Gasteiger partial charge is 0.493 e. The third kappa shape index (κ3) is 5.11. The van der Waals surface area contributed by atoms with E-state index in [-0.39, 0.29) is 12.2 Å². The lowest BCUT2D eigenvalue weighted by Crippen LogP contribution is -2.03. The molecule has 0 N–H and O–H groups in total. The summed E-state index contributed by atoms with van der Waals surface area (Å²) in [5, 5.41) is 9.05. The third-order valence-electron chi connectivity index (χ3n) is 3.79. The molecule has 0 fully saturated rings. The fourth-order valence-corrected chi connectivity index (χ4v) is 2.32. The number of esters is 2. The van der Waals surface area contributed by atoms with E-state index in [4.69, 9.17) is 14.7 Å². The van der Waals surface area contributed by atoms with Crippen LogP contribution in [0.5, 0.6) is 11.5 Å². The summed E-state index contributed by atoms with van der Waals surface area (Å²) >= 11 is 0.